The minimum atomic E-state index is -0.712. The van der Waals surface area contributed by atoms with Crippen molar-refractivity contribution in [2.45, 2.75) is 6.04 Å². The molecular weight excluding hydrogens is 333 g/mol. The second kappa shape index (κ2) is 8.79. The van der Waals surface area contributed by atoms with Crippen molar-refractivity contribution < 1.29 is 15.1 Å². The Labute approximate surface area is 140 Å². The second-order valence-electron chi connectivity index (χ2n) is 4.63. The lowest BCUT2D eigenvalue weighted by Gasteiger charge is -2.33. The molecule has 0 bridgehead atoms. The number of hydrogen-bond acceptors (Lipinski definition) is 6. The SMILES string of the molecule is C=C[C@H](c1cc(O)c(O)c([N+](=O)[O-])c1)N1CCNCC1.Cl.Cl. The van der Waals surface area contributed by atoms with Crippen molar-refractivity contribution in [2.75, 3.05) is 26.2 Å². The van der Waals surface area contributed by atoms with Crippen LogP contribution in [0.15, 0.2) is 24.8 Å². The van der Waals surface area contributed by atoms with Gasteiger partial charge in [0.2, 0.25) is 5.75 Å². The third kappa shape index (κ3) is 4.23. The zero-order valence-electron chi connectivity index (χ0n) is 11.8. The summed E-state index contributed by atoms with van der Waals surface area (Å²) >= 11 is 0. The molecule has 1 saturated heterocycles. The number of aromatic hydroxyl groups is 2. The van der Waals surface area contributed by atoms with E-state index in [0.29, 0.717) is 5.56 Å². The summed E-state index contributed by atoms with van der Waals surface area (Å²) in [6, 6.07) is 2.39. The Morgan fingerprint density at radius 2 is 1.91 bits per heavy atom. The summed E-state index contributed by atoms with van der Waals surface area (Å²) in [6.45, 7) is 6.99. The zero-order chi connectivity index (χ0) is 14.7. The van der Waals surface area contributed by atoms with Gasteiger partial charge in [0.25, 0.3) is 0 Å². The normalized spacial score (nSPS) is 16.0. The van der Waals surface area contributed by atoms with E-state index in [4.69, 9.17) is 0 Å². The Balaban J connectivity index is 0.00000220. The molecular formula is C13H19Cl2N3O4. The molecule has 1 aliphatic rings. The Morgan fingerprint density at radius 1 is 1.32 bits per heavy atom. The van der Waals surface area contributed by atoms with E-state index in [1.807, 2.05) is 0 Å². The minimum absolute atomic E-state index is 0. The predicted octanol–water partition coefficient (Wildman–Crippen LogP) is 1.98. The molecule has 2 rings (SSSR count). The molecule has 0 amide bonds. The monoisotopic (exact) mass is 351 g/mol. The van der Waals surface area contributed by atoms with Crippen LogP contribution >= 0.6 is 24.8 Å². The number of phenols is 2. The molecule has 0 spiro atoms. The standard InChI is InChI=1S/C13H17N3O4.2ClH/c1-2-10(15-5-3-14-4-6-15)9-7-11(16(19)20)13(18)12(17)8-9;;/h2,7-8,10,14,17-18H,1,3-6H2;2*1H/t10-;;/m1../s1. The number of nitro groups is 1. The molecule has 1 aromatic rings. The molecule has 22 heavy (non-hydrogen) atoms. The summed E-state index contributed by atoms with van der Waals surface area (Å²) in [5.74, 6) is -1.20. The van der Waals surface area contributed by atoms with Crippen molar-refractivity contribution in [2.24, 2.45) is 0 Å². The quantitative estimate of drug-likeness (QED) is 0.332. The smallest absolute Gasteiger partial charge is 0.314 e. The number of nitrogens with zero attached hydrogens (tertiary/aromatic N) is 2. The van der Waals surface area contributed by atoms with Gasteiger partial charge >= 0.3 is 5.69 Å². The highest BCUT2D eigenvalue weighted by Crippen LogP contribution is 2.39. The van der Waals surface area contributed by atoms with Crippen LogP contribution in [0.25, 0.3) is 0 Å². The van der Waals surface area contributed by atoms with Crippen LogP contribution in [0.3, 0.4) is 0 Å². The van der Waals surface area contributed by atoms with Crippen LogP contribution in [0, 0.1) is 10.1 Å². The van der Waals surface area contributed by atoms with Crippen LogP contribution in [-0.2, 0) is 0 Å². The third-order valence-corrected chi connectivity index (χ3v) is 3.40. The average molecular weight is 352 g/mol. The molecule has 3 N–H and O–H groups in total. The topological polar surface area (TPSA) is 98.9 Å². The Hall–Kier alpha value is -1.54. The first kappa shape index (κ1) is 20.5. The first-order chi connectivity index (χ1) is 9.54. The van der Waals surface area contributed by atoms with Gasteiger partial charge in [0.05, 0.1) is 11.0 Å². The largest absolute Gasteiger partial charge is 0.504 e. The van der Waals surface area contributed by atoms with Gasteiger partial charge < -0.3 is 15.5 Å². The van der Waals surface area contributed by atoms with E-state index in [1.165, 1.54) is 12.1 Å². The number of hydrogen-bond donors (Lipinski definition) is 3. The molecule has 1 aliphatic heterocycles. The summed E-state index contributed by atoms with van der Waals surface area (Å²) in [6.07, 6.45) is 1.68. The average Bonchev–Trinajstić information content (AvgIpc) is 2.44. The molecule has 1 heterocycles. The molecule has 0 aliphatic carbocycles. The van der Waals surface area contributed by atoms with Gasteiger partial charge in [-0.25, -0.2) is 0 Å². The summed E-state index contributed by atoms with van der Waals surface area (Å²) < 4.78 is 0. The minimum Gasteiger partial charge on any atom is -0.504 e. The Morgan fingerprint density at radius 3 is 2.41 bits per heavy atom. The molecule has 0 unspecified atom stereocenters. The van der Waals surface area contributed by atoms with E-state index in [0.717, 1.165) is 26.2 Å². The second-order valence-corrected chi connectivity index (χ2v) is 4.63. The fraction of sp³-hybridized carbons (Fsp3) is 0.385. The number of nitrogens with one attached hydrogen (secondary N) is 1. The number of piperazine rings is 1. The highest BCUT2D eigenvalue weighted by Gasteiger charge is 2.25. The van der Waals surface area contributed by atoms with Gasteiger partial charge in [-0.15, -0.1) is 31.4 Å². The van der Waals surface area contributed by atoms with Crippen molar-refractivity contribution in [1.29, 1.82) is 0 Å². The zero-order valence-corrected chi connectivity index (χ0v) is 13.4. The summed E-state index contributed by atoms with van der Waals surface area (Å²) in [7, 11) is 0. The van der Waals surface area contributed by atoms with E-state index >= 15 is 0 Å². The number of rotatable bonds is 4. The summed E-state index contributed by atoms with van der Waals surface area (Å²) in [5, 5.41) is 33.3. The molecule has 7 nitrogen and oxygen atoms in total. The van der Waals surface area contributed by atoms with E-state index in [9.17, 15) is 20.3 Å². The fourth-order valence-electron chi connectivity index (χ4n) is 2.39. The maximum absolute atomic E-state index is 10.9. The Kier molecular flexibility index (Phi) is 8.18. The molecule has 1 aromatic carbocycles. The molecule has 9 heteroatoms. The van der Waals surface area contributed by atoms with Crippen LogP contribution in [0.1, 0.15) is 11.6 Å². The van der Waals surface area contributed by atoms with Crippen LogP contribution in [0.5, 0.6) is 11.5 Å². The molecule has 0 saturated carbocycles. The first-order valence-electron chi connectivity index (χ1n) is 6.32. The highest BCUT2D eigenvalue weighted by molar-refractivity contribution is 5.85. The summed E-state index contributed by atoms with van der Waals surface area (Å²) in [4.78, 5) is 12.3. The van der Waals surface area contributed by atoms with Crippen LogP contribution < -0.4 is 5.32 Å². The lowest BCUT2D eigenvalue weighted by Crippen LogP contribution is -2.44. The van der Waals surface area contributed by atoms with Gasteiger partial charge in [-0.05, 0) is 11.6 Å². The molecule has 0 aromatic heterocycles. The first-order valence-corrected chi connectivity index (χ1v) is 6.32. The van der Waals surface area contributed by atoms with Gasteiger partial charge in [-0.2, -0.15) is 0 Å². The van der Waals surface area contributed by atoms with Crippen molar-refractivity contribution in [3.8, 4) is 11.5 Å². The summed E-state index contributed by atoms with van der Waals surface area (Å²) in [5.41, 5.74) is 0.0471. The lowest BCUT2D eigenvalue weighted by atomic mass is 10.0. The number of phenolic OH excluding ortho intramolecular Hbond substituents is 2. The number of nitro benzene ring substituents is 1. The lowest BCUT2D eigenvalue weighted by molar-refractivity contribution is -0.386. The van der Waals surface area contributed by atoms with Gasteiger partial charge in [0.15, 0.2) is 5.75 Å². The van der Waals surface area contributed by atoms with Gasteiger partial charge in [-0.1, -0.05) is 6.08 Å². The van der Waals surface area contributed by atoms with Crippen molar-refractivity contribution in [3.63, 3.8) is 0 Å². The van der Waals surface area contributed by atoms with Crippen LogP contribution in [0.2, 0.25) is 0 Å². The van der Waals surface area contributed by atoms with Crippen LogP contribution in [0.4, 0.5) is 5.69 Å². The van der Waals surface area contributed by atoms with Crippen molar-refractivity contribution in [3.05, 3.63) is 40.5 Å². The van der Waals surface area contributed by atoms with Gasteiger partial charge in [-0.3, -0.25) is 15.0 Å². The van der Waals surface area contributed by atoms with Crippen LogP contribution in [-0.4, -0.2) is 46.2 Å². The van der Waals surface area contributed by atoms with Crippen molar-refractivity contribution >= 4 is 30.5 Å². The molecule has 1 atom stereocenters. The van der Waals surface area contributed by atoms with Crippen molar-refractivity contribution in [1.82, 2.24) is 10.2 Å². The molecule has 1 fully saturated rings. The van der Waals surface area contributed by atoms with E-state index in [1.54, 1.807) is 6.08 Å². The number of halogens is 2. The Bertz CT molecular complexity index is 536. The van der Waals surface area contributed by atoms with E-state index in [2.05, 4.69) is 16.8 Å². The maximum atomic E-state index is 10.9. The molecule has 0 radical (unpaired) electrons. The fourth-order valence-corrected chi connectivity index (χ4v) is 2.39. The van der Waals surface area contributed by atoms with E-state index < -0.39 is 22.1 Å². The molecule has 124 valence electrons. The maximum Gasteiger partial charge on any atom is 0.314 e. The highest BCUT2D eigenvalue weighted by atomic mass is 35.5. The number of benzene rings is 1. The van der Waals surface area contributed by atoms with E-state index in [-0.39, 0.29) is 30.9 Å². The van der Waals surface area contributed by atoms with Gasteiger partial charge in [0.1, 0.15) is 0 Å². The van der Waals surface area contributed by atoms with Gasteiger partial charge in [0, 0.05) is 32.2 Å². The predicted molar refractivity (Wildman–Crippen MR) is 88.3 cm³/mol. The third-order valence-electron chi connectivity index (χ3n) is 3.40.